The maximum Gasteiger partial charge on any atom is 0.315 e. The maximum atomic E-state index is 13.1. The van der Waals surface area contributed by atoms with E-state index in [1.165, 1.54) is 6.07 Å². The Morgan fingerprint density at radius 1 is 1.42 bits per heavy atom. The van der Waals surface area contributed by atoms with Gasteiger partial charge in [-0.2, -0.15) is 0 Å². The monoisotopic (exact) mass is 268 g/mol. The van der Waals surface area contributed by atoms with E-state index < -0.39 is 12.0 Å². The maximum absolute atomic E-state index is 13.1. The summed E-state index contributed by atoms with van der Waals surface area (Å²) in [5, 5.41) is 13.5. The van der Waals surface area contributed by atoms with Crippen LogP contribution >= 0.6 is 0 Å². The molecule has 0 fully saturated rings. The fraction of sp³-hybridized carbons (Fsp3) is 0.385. The molecule has 0 aliphatic carbocycles. The second-order valence-corrected chi connectivity index (χ2v) is 4.27. The lowest BCUT2D eigenvalue weighted by Gasteiger charge is -2.15. The lowest BCUT2D eigenvalue weighted by Crippen LogP contribution is -2.38. The lowest BCUT2D eigenvalue weighted by atomic mass is 10.1. The number of halogens is 1. The third kappa shape index (κ3) is 4.95. The number of amides is 2. The largest absolute Gasteiger partial charge is 0.481 e. The molecule has 0 radical (unpaired) electrons. The standard InChI is InChI=1S/C13H17FN2O3/c1-8-7-10(3-4-11(8)14)9(2)16-13(19)15-6-5-12(17)18/h3-4,7,9H,5-6H2,1-2H3,(H,17,18)(H2,15,16,19)/t9-/m1/s1. The molecule has 5 nitrogen and oxygen atoms in total. The number of hydrogen-bond acceptors (Lipinski definition) is 2. The van der Waals surface area contributed by atoms with E-state index in [9.17, 15) is 14.0 Å². The molecule has 0 bridgehead atoms. The Balaban J connectivity index is 2.49. The Labute approximate surface area is 110 Å². The normalized spacial score (nSPS) is 11.7. The molecule has 0 heterocycles. The van der Waals surface area contributed by atoms with E-state index in [1.54, 1.807) is 26.0 Å². The summed E-state index contributed by atoms with van der Waals surface area (Å²) >= 11 is 0. The number of carbonyl (C=O) groups excluding carboxylic acids is 1. The highest BCUT2D eigenvalue weighted by atomic mass is 19.1. The van der Waals surface area contributed by atoms with Crippen LogP contribution in [0.25, 0.3) is 0 Å². The average molecular weight is 268 g/mol. The fourth-order valence-corrected chi connectivity index (χ4v) is 1.55. The van der Waals surface area contributed by atoms with Gasteiger partial charge in [0.2, 0.25) is 0 Å². The summed E-state index contributed by atoms with van der Waals surface area (Å²) in [6.07, 6.45) is -0.128. The molecule has 1 aromatic carbocycles. The zero-order valence-electron chi connectivity index (χ0n) is 10.9. The van der Waals surface area contributed by atoms with Gasteiger partial charge in [0.25, 0.3) is 0 Å². The van der Waals surface area contributed by atoms with Gasteiger partial charge in [-0.3, -0.25) is 4.79 Å². The van der Waals surface area contributed by atoms with Gasteiger partial charge in [0.05, 0.1) is 12.5 Å². The van der Waals surface area contributed by atoms with Crippen LogP contribution in [0.3, 0.4) is 0 Å². The van der Waals surface area contributed by atoms with Gasteiger partial charge in [-0.1, -0.05) is 12.1 Å². The zero-order chi connectivity index (χ0) is 14.4. The lowest BCUT2D eigenvalue weighted by molar-refractivity contribution is -0.136. The summed E-state index contributed by atoms with van der Waals surface area (Å²) in [7, 11) is 0. The minimum absolute atomic E-state index is 0.0658. The van der Waals surface area contributed by atoms with Gasteiger partial charge in [0.15, 0.2) is 0 Å². The first kappa shape index (κ1) is 14.9. The second kappa shape index (κ2) is 6.72. The van der Waals surface area contributed by atoms with Crippen molar-refractivity contribution in [2.24, 2.45) is 0 Å². The predicted octanol–water partition coefficient (Wildman–Crippen LogP) is 1.97. The summed E-state index contributed by atoms with van der Waals surface area (Å²) in [4.78, 5) is 21.8. The predicted molar refractivity (Wildman–Crippen MR) is 68.3 cm³/mol. The van der Waals surface area contributed by atoms with Crippen LogP contribution in [0.1, 0.15) is 30.5 Å². The van der Waals surface area contributed by atoms with Gasteiger partial charge in [-0.15, -0.1) is 0 Å². The van der Waals surface area contributed by atoms with Gasteiger partial charge in [0.1, 0.15) is 5.82 Å². The van der Waals surface area contributed by atoms with Gasteiger partial charge >= 0.3 is 12.0 Å². The van der Waals surface area contributed by atoms with E-state index in [1.807, 2.05) is 0 Å². The number of hydrogen-bond donors (Lipinski definition) is 3. The molecule has 1 aromatic rings. The third-order valence-corrected chi connectivity index (χ3v) is 2.65. The Morgan fingerprint density at radius 3 is 2.68 bits per heavy atom. The van der Waals surface area contributed by atoms with Crippen LogP contribution in [0.5, 0.6) is 0 Å². The zero-order valence-corrected chi connectivity index (χ0v) is 10.9. The van der Waals surface area contributed by atoms with Crippen LogP contribution < -0.4 is 10.6 Å². The molecule has 0 spiro atoms. The van der Waals surface area contributed by atoms with Gasteiger partial charge in [-0.25, -0.2) is 9.18 Å². The molecule has 0 saturated heterocycles. The summed E-state index contributed by atoms with van der Waals surface area (Å²) in [6, 6.07) is 3.88. The molecule has 19 heavy (non-hydrogen) atoms. The number of aliphatic carboxylic acids is 1. The van der Waals surface area contributed by atoms with Crippen molar-refractivity contribution in [2.75, 3.05) is 6.54 Å². The van der Waals surface area contributed by atoms with Crippen molar-refractivity contribution < 1.29 is 19.1 Å². The van der Waals surface area contributed by atoms with E-state index in [0.717, 1.165) is 5.56 Å². The first-order valence-corrected chi connectivity index (χ1v) is 5.92. The number of carbonyl (C=O) groups is 2. The quantitative estimate of drug-likeness (QED) is 0.764. The first-order chi connectivity index (χ1) is 8.90. The van der Waals surface area contributed by atoms with Crippen molar-refractivity contribution in [1.82, 2.24) is 10.6 Å². The fourth-order valence-electron chi connectivity index (χ4n) is 1.55. The van der Waals surface area contributed by atoms with E-state index in [4.69, 9.17) is 5.11 Å². The van der Waals surface area contributed by atoms with Crippen molar-refractivity contribution >= 4 is 12.0 Å². The summed E-state index contributed by atoms with van der Waals surface area (Å²) in [5.41, 5.74) is 1.30. The van der Waals surface area contributed by atoms with Crippen LogP contribution in [-0.4, -0.2) is 23.7 Å². The van der Waals surface area contributed by atoms with Gasteiger partial charge in [-0.05, 0) is 31.0 Å². The Bertz CT molecular complexity index is 477. The number of carboxylic acid groups (broad SMARTS) is 1. The minimum Gasteiger partial charge on any atom is -0.481 e. The van der Waals surface area contributed by atoms with Crippen molar-refractivity contribution in [3.05, 3.63) is 35.1 Å². The van der Waals surface area contributed by atoms with Crippen LogP contribution in [0.4, 0.5) is 9.18 Å². The topological polar surface area (TPSA) is 78.4 Å². The number of aryl methyl sites for hydroxylation is 1. The highest BCUT2D eigenvalue weighted by Gasteiger charge is 2.10. The van der Waals surface area contributed by atoms with Crippen molar-refractivity contribution in [3.8, 4) is 0 Å². The first-order valence-electron chi connectivity index (χ1n) is 5.92. The van der Waals surface area contributed by atoms with Crippen LogP contribution in [0.2, 0.25) is 0 Å². The van der Waals surface area contributed by atoms with Crippen LogP contribution in [0.15, 0.2) is 18.2 Å². The van der Waals surface area contributed by atoms with Crippen molar-refractivity contribution in [2.45, 2.75) is 26.3 Å². The molecule has 3 N–H and O–H groups in total. The molecule has 0 aromatic heterocycles. The summed E-state index contributed by atoms with van der Waals surface area (Å²) in [6.45, 7) is 3.48. The van der Waals surface area contributed by atoms with E-state index >= 15 is 0 Å². The molecule has 0 aliphatic rings. The molecule has 6 heteroatoms. The number of nitrogens with one attached hydrogen (secondary N) is 2. The summed E-state index contributed by atoms with van der Waals surface area (Å²) in [5.74, 6) is -1.26. The summed E-state index contributed by atoms with van der Waals surface area (Å²) < 4.78 is 13.1. The molecular weight excluding hydrogens is 251 g/mol. The van der Waals surface area contributed by atoms with Crippen molar-refractivity contribution in [1.29, 1.82) is 0 Å². The third-order valence-electron chi connectivity index (χ3n) is 2.65. The van der Waals surface area contributed by atoms with E-state index in [0.29, 0.717) is 5.56 Å². The highest BCUT2D eigenvalue weighted by Crippen LogP contribution is 2.16. The Morgan fingerprint density at radius 2 is 2.11 bits per heavy atom. The average Bonchev–Trinajstić information content (AvgIpc) is 2.32. The van der Waals surface area contributed by atoms with Gasteiger partial charge in [0, 0.05) is 6.54 Å². The Kier molecular flexibility index (Phi) is 5.29. The number of urea groups is 1. The second-order valence-electron chi connectivity index (χ2n) is 4.27. The molecule has 2 amide bonds. The number of carboxylic acids is 1. The molecular formula is C13H17FN2O3. The van der Waals surface area contributed by atoms with Gasteiger partial charge < -0.3 is 15.7 Å². The molecule has 0 saturated carbocycles. The van der Waals surface area contributed by atoms with E-state index in [-0.39, 0.29) is 24.8 Å². The smallest absolute Gasteiger partial charge is 0.315 e. The highest BCUT2D eigenvalue weighted by molar-refractivity contribution is 5.75. The molecule has 0 unspecified atom stereocenters. The number of rotatable bonds is 5. The van der Waals surface area contributed by atoms with Crippen LogP contribution in [0, 0.1) is 12.7 Å². The minimum atomic E-state index is -0.970. The Hall–Kier alpha value is -2.11. The molecule has 1 atom stereocenters. The molecule has 0 aliphatic heterocycles. The SMILES string of the molecule is Cc1cc([C@@H](C)NC(=O)NCCC(=O)O)ccc1F. The van der Waals surface area contributed by atoms with Crippen molar-refractivity contribution in [3.63, 3.8) is 0 Å². The molecule has 1 rings (SSSR count). The van der Waals surface area contributed by atoms with E-state index in [2.05, 4.69) is 10.6 Å². The molecule has 104 valence electrons. The van der Waals surface area contributed by atoms with Crippen LogP contribution in [-0.2, 0) is 4.79 Å². The number of benzene rings is 1.